The summed E-state index contributed by atoms with van der Waals surface area (Å²) in [5, 5.41) is 8.88. The lowest BCUT2D eigenvalue weighted by molar-refractivity contribution is -0.169. The highest BCUT2D eigenvalue weighted by Gasteiger charge is 2.38. The fourth-order valence-electron chi connectivity index (χ4n) is 3.00. The molecule has 0 bridgehead atoms. The number of hydrogen-bond donors (Lipinski definition) is 1. The monoisotopic (exact) mass is 284 g/mol. The molecule has 1 rings (SSSR count). The van der Waals surface area contributed by atoms with Crippen molar-refractivity contribution in [1.82, 2.24) is 0 Å². The molecule has 4 nitrogen and oxygen atoms in total. The topological polar surface area (TPSA) is 63.6 Å². The molecular weight excluding hydrogens is 256 g/mol. The summed E-state index contributed by atoms with van der Waals surface area (Å²) in [6.45, 7) is 9.77. The number of rotatable bonds is 5. The molecule has 20 heavy (non-hydrogen) atoms. The number of carbonyl (C=O) groups is 2. The van der Waals surface area contributed by atoms with Crippen LogP contribution >= 0.6 is 0 Å². The molecule has 0 aromatic rings. The van der Waals surface area contributed by atoms with Crippen molar-refractivity contribution in [2.45, 2.75) is 66.4 Å². The van der Waals surface area contributed by atoms with Crippen molar-refractivity contribution >= 4 is 11.9 Å². The summed E-state index contributed by atoms with van der Waals surface area (Å²) in [5.74, 6) is 0.0677. The third-order valence-corrected chi connectivity index (χ3v) is 4.37. The molecular formula is C16H28O4. The first-order valence-corrected chi connectivity index (χ1v) is 7.56. The predicted molar refractivity (Wildman–Crippen MR) is 77.3 cm³/mol. The van der Waals surface area contributed by atoms with Crippen LogP contribution in [-0.2, 0) is 14.3 Å². The number of aliphatic carboxylic acids is 1. The zero-order valence-corrected chi connectivity index (χ0v) is 13.3. The molecule has 1 N–H and O–H groups in total. The smallest absolute Gasteiger partial charge is 0.312 e. The van der Waals surface area contributed by atoms with Gasteiger partial charge in [-0.05, 0) is 44.4 Å². The maximum absolute atomic E-state index is 12.3. The van der Waals surface area contributed by atoms with Crippen LogP contribution in [0.4, 0.5) is 0 Å². The molecule has 1 aliphatic carbocycles. The third kappa shape index (κ3) is 4.50. The highest BCUT2D eigenvalue weighted by atomic mass is 16.5. The summed E-state index contributed by atoms with van der Waals surface area (Å²) in [6.07, 6.45) is 2.88. The van der Waals surface area contributed by atoms with E-state index in [1.165, 1.54) is 6.42 Å². The second kappa shape index (κ2) is 6.59. The van der Waals surface area contributed by atoms with Gasteiger partial charge in [0.25, 0.3) is 0 Å². The Morgan fingerprint density at radius 1 is 1.30 bits per heavy atom. The zero-order chi connectivity index (χ0) is 15.5. The van der Waals surface area contributed by atoms with E-state index in [9.17, 15) is 9.59 Å². The average Bonchev–Trinajstić information content (AvgIpc) is 2.26. The highest BCUT2D eigenvalue weighted by molar-refractivity contribution is 5.82. The molecule has 0 aromatic carbocycles. The fourth-order valence-corrected chi connectivity index (χ4v) is 3.00. The number of carboxylic acid groups (broad SMARTS) is 1. The Morgan fingerprint density at radius 2 is 1.90 bits per heavy atom. The molecule has 0 radical (unpaired) electrons. The van der Waals surface area contributed by atoms with Crippen molar-refractivity contribution in [3.05, 3.63) is 0 Å². The van der Waals surface area contributed by atoms with Gasteiger partial charge in [0.15, 0.2) is 0 Å². The van der Waals surface area contributed by atoms with Crippen LogP contribution in [0.15, 0.2) is 0 Å². The largest absolute Gasteiger partial charge is 0.481 e. The molecule has 4 heteroatoms. The SMILES string of the molecule is CC1CCC(C(C)C)C(OC(=O)C(C)(C)CC(=O)O)C1. The van der Waals surface area contributed by atoms with E-state index in [1.807, 2.05) is 0 Å². The lowest BCUT2D eigenvalue weighted by Crippen LogP contribution is -2.40. The maximum atomic E-state index is 12.3. The van der Waals surface area contributed by atoms with Gasteiger partial charge in [0, 0.05) is 0 Å². The molecule has 0 aliphatic heterocycles. The van der Waals surface area contributed by atoms with Crippen molar-refractivity contribution < 1.29 is 19.4 Å². The molecule has 1 fully saturated rings. The second-order valence-corrected chi connectivity index (χ2v) is 7.22. The molecule has 1 aliphatic rings. The molecule has 3 atom stereocenters. The molecule has 0 aromatic heterocycles. The lowest BCUT2D eigenvalue weighted by Gasteiger charge is -2.38. The molecule has 1 saturated carbocycles. The van der Waals surface area contributed by atoms with E-state index in [2.05, 4.69) is 20.8 Å². The standard InChI is InChI=1S/C16H28O4/c1-10(2)12-7-6-11(3)8-13(12)20-15(19)16(4,5)9-14(17)18/h10-13H,6-9H2,1-5H3,(H,17,18). The van der Waals surface area contributed by atoms with Crippen LogP contribution in [-0.4, -0.2) is 23.1 Å². The van der Waals surface area contributed by atoms with Crippen LogP contribution in [0.3, 0.4) is 0 Å². The Bertz CT molecular complexity index is 359. The number of hydrogen-bond acceptors (Lipinski definition) is 3. The Hall–Kier alpha value is -1.06. The summed E-state index contributed by atoms with van der Waals surface area (Å²) < 4.78 is 5.70. The van der Waals surface area contributed by atoms with Crippen molar-refractivity contribution in [2.75, 3.05) is 0 Å². The van der Waals surface area contributed by atoms with Crippen LogP contribution in [0.25, 0.3) is 0 Å². The Morgan fingerprint density at radius 3 is 2.40 bits per heavy atom. The quantitative estimate of drug-likeness (QED) is 0.785. The van der Waals surface area contributed by atoms with Crippen LogP contribution in [0.5, 0.6) is 0 Å². The van der Waals surface area contributed by atoms with Gasteiger partial charge in [0.2, 0.25) is 0 Å². The lowest BCUT2D eigenvalue weighted by atomic mass is 9.75. The first kappa shape index (κ1) is 17.0. The van der Waals surface area contributed by atoms with Crippen molar-refractivity contribution in [1.29, 1.82) is 0 Å². The second-order valence-electron chi connectivity index (χ2n) is 7.22. The van der Waals surface area contributed by atoms with E-state index < -0.39 is 11.4 Å². The molecule has 116 valence electrons. The zero-order valence-electron chi connectivity index (χ0n) is 13.3. The van der Waals surface area contributed by atoms with E-state index in [4.69, 9.17) is 9.84 Å². The van der Waals surface area contributed by atoms with Gasteiger partial charge in [-0.15, -0.1) is 0 Å². The van der Waals surface area contributed by atoms with Crippen LogP contribution in [0.1, 0.15) is 60.3 Å². The first-order chi connectivity index (χ1) is 9.13. The Balaban J connectivity index is 2.72. The molecule has 0 saturated heterocycles. The van der Waals surface area contributed by atoms with Gasteiger partial charge in [-0.25, -0.2) is 0 Å². The molecule has 0 heterocycles. The first-order valence-electron chi connectivity index (χ1n) is 7.56. The number of carboxylic acids is 1. The van der Waals surface area contributed by atoms with Gasteiger partial charge in [-0.3, -0.25) is 9.59 Å². The average molecular weight is 284 g/mol. The minimum Gasteiger partial charge on any atom is -0.481 e. The van der Waals surface area contributed by atoms with Gasteiger partial charge in [0.05, 0.1) is 11.8 Å². The summed E-state index contributed by atoms with van der Waals surface area (Å²) >= 11 is 0. The van der Waals surface area contributed by atoms with Gasteiger partial charge in [-0.2, -0.15) is 0 Å². The van der Waals surface area contributed by atoms with Crippen LogP contribution in [0.2, 0.25) is 0 Å². The molecule has 3 unspecified atom stereocenters. The normalized spacial score (nSPS) is 27.4. The molecule has 0 amide bonds. The predicted octanol–water partition coefficient (Wildman–Crippen LogP) is 3.49. The van der Waals surface area contributed by atoms with E-state index in [0.717, 1.165) is 12.8 Å². The summed E-state index contributed by atoms with van der Waals surface area (Å²) in [4.78, 5) is 23.1. The minimum atomic E-state index is -0.968. The van der Waals surface area contributed by atoms with Crippen molar-refractivity contribution in [3.63, 3.8) is 0 Å². The number of carbonyl (C=O) groups excluding carboxylic acids is 1. The fraction of sp³-hybridized carbons (Fsp3) is 0.875. The van der Waals surface area contributed by atoms with Gasteiger partial charge >= 0.3 is 11.9 Å². The highest BCUT2D eigenvalue weighted by Crippen LogP contribution is 2.36. The van der Waals surface area contributed by atoms with E-state index in [0.29, 0.717) is 17.8 Å². The minimum absolute atomic E-state index is 0.0701. The summed E-state index contributed by atoms with van der Waals surface area (Å²) in [7, 11) is 0. The summed E-state index contributed by atoms with van der Waals surface area (Å²) in [6, 6.07) is 0. The Labute approximate surface area is 121 Å². The Kier molecular flexibility index (Phi) is 5.60. The number of ether oxygens (including phenoxy) is 1. The number of esters is 1. The van der Waals surface area contributed by atoms with Gasteiger partial charge in [0.1, 0.15) is 6.10 Å². The third-order valence-electron chi connectivity index (χ3n) is 4.37. The molecule has 0 spiro atoms. The van der Waals surface area contributed by atoms with Crippen LogP contribution < -0.4 is 0 Å². The van der Waals surface area contributed by atoms with E-state index in [-0.39, 0.29) is 18.5 Å². The van der Waals surface area contributed by atoms with Crippen LogP contribution in [0, 0.1) is 23.2 Å². The van der Waals surface area contributed by atoms with Crippen molar-refractivity contribution in [2.24, 2.45) is 23.2 Å². The van der Waals surface area contributed by atoms with Gasteiger partial charge in [-0.1, -0.05) is 27.2 Å². The van der Waals surface area contributed by atoms with Crippen molar-refractivity contribution in [3.8, 4) is 0 Å². The van der Waals surface area contributed by atoms with E-state index in [1.54, 1.807) is 13.8 Å². The summed E-state index contributed by atoms with van der Waals surface area (Å²) in [5.41, 5.74) is -0.964. The van der Waals surface area contributed by atoms with Gasteiger partial charge < -0.3 is 9.84 Å². The maximum Gasteiger partial charge on any atom is 0.312 e. The van der Waals surface area contributed by atoms with E-state index >= 15 is 0 Å².